The Bertz CT molecular complexity index is 1250. The van der Waals surface area contributed by atoms with Crippen LogP contribution in [0.5, 0.6) is 5.75 Å². The number of ether oxygens (including phenoxy) is 1. The summed E-state index contributed by atoms with van der Waals surface area (Å²) in [6, 6.07) is 24.6. The van der Waals surface area contributed by atoms with E-state index in [0.29, 0.717) is 30.6 Å². The van der Waals surface area contributed by atoms with Gasteiger partial charge >= 0.3 is 0 Å². The number of fused-ring (bicyclic) bond motifs is 1. The molecule has 4 aromatic rings. The molecule has 5 heteroatoms. The maximum atomic E-state index is 12.9. The lowest BCUT2D eigenvalue weighted by atomic mass is 10.1. The standard InChI is InChI=1S/C26H24N2O3/c1-19-7-9-20(10-8-19)18-27-25(29)22-12-11-21-13-14-28(26(30)24(21)17-22)15-16-31-23-5-3-2-4-6-23/h2-14,17H,15-16,18H2,1H3,(H,27,29). The fraction of sp³-hybridized carbons (Fsp3) is 0.154. The molecule has 1 N–H and O–H groups in total. The molecule has 0 unspecified atom stereocenters. The van der Waals surface area contributed by atoms with Gasteiger partial charge in [-0.1, -0.05) is 54.1 Å². The van der Waals surface area contributed by atoms with Crippen LogP contribution in [0.15, 0.2) is 89.9 Å². The lowest BCUT2D eigenvalue weighted by Gasteiger charge is -2.10. The van der Waals surface area contributed by atoms with Crippen molar-refractivity contribution in [3.8, 4) is 5.75 Å². The summed E-state index contributed by atoms with van der Waals surface area (Å²) >= 11 is 0. The third-order valence-corrected chi connectivity index (χ3v) is 5.16. The van der Waals surface area contributed by atoms with E-state index in [1.54, 1.807) is 22.9 Å². The Morgan fingerprint density at radius 2 is 1.74 bits per heavy atom. The van der Waals surface area contributed by atoms with Crippen LogP contribution in [0, 0.1) is 6.92 Å². The van der Waals surface area contributed by atoms with Crippen LogP contribution >= 0.6 is 0 Å². The van der Waals surface area contributed by atoms with Gasteiger partial charge in [-0.05, 0) is 48.2 Å². The van der Waals surface area contributed by atoms with Gasteiger partial charge in [0.25, 0.3) is 11.5 Å². The lowest BCUT2D eigenvalue weighted by molar-refractivity contribution is 0.0951. The second-order valence-electron chi connectivity index (χ2n) is 7.45. The third-order valence-electron chi connectivity index (χ3n) is 5.16. The van der Waals surface area contributed by atoms with Crippen molar-refractivity contribution < 1.29 is 9.53 Å². The number of aryl methyl sites for hydroxylation is 1. The van der Waals surface area contributed by atoms with Crippen LogP contribution in [-0.4, -0.2) is 17.1 Å². The molecule has 0 aliphatic carbocycles. The first-order chi connectivity index (χ1) is 15.1. The minimum Gasteiger partial charge on any atom is -0.492 e. The van der Waals surface area contributed by atoms with Crippen molar-refractivity contribution in [3.05, 3.63) is 112 Å². The Balaban J connectivity index is 1.46. The van der Waals surface area contributed by atoms with Crippen molar-refractivity contribution in [1.29, 1.82) is 0 Å². The number of amides is 1. The first-order valence-corrected chi connectivity index (χ1v) is 10.2. The van der Waals surface area contributed by atoms with E-state index in [4.69, 9.17) is 4.74 Å². The smallest absolute Gasteiger partial charge is 0.258 e. The number of pyridine rings is 1. The number of nitrogens with one attached hydrogen (secondary N) is 1. The monoisotopic (exact) mass is 412 g/mol. The van der Waals surface area contributed by atoms with Crippen LogP contribution in [0.2, 0.25) is 0 Å². The minimum atomic E-state index is -0.204. The van der Waals surface area contributed by atoms with Gasteiger partial charge in [0, 0.05) is 23.7 Å². The molecule has 5 nitrogen and oxygen atoms in total. The molecule has 0 bridgehead atoms. The van der Waals surface area contributed by atoms with E-state index in [9.17, 15) is 9.59 Å². The predicted molar refractivity (Wildman–Crippen MR) is 122 cm³/mol. The maximum absolute atomic E-state index is 12.9. The van der Waals surface area contributed by atoms with E-state index in [-0.39, 0.29) is 11.5 Å². The summed E-state index contributed by atoms with van der Waals surface area (Å²) < 4.78 is 7.31. The van der Waals surface area contributed by atoms with Crippen molar-refractivity contribution in [1.82, 2.24) is 9.88 Å². The number of para-hydroxylation sites is 1. The van der Waals surface area contributed by atoms with Gasteiger partial charge in [-0.15, -0.1) is 0 Å². The number of carbonyl (C=O) groups excluding carboxylic acids is 1. The summed E-state index contributed by atoms with van der Waals surface area (Å²) in [4.78, 5) is 25.5. The van der Waals surface area contributed by atoms with Gasteiger partial charge in [0.15, 0.2) is 0 Å². The largest absolute Gasteiger partial charge is 0.492 e. The fourth-order valence-electron chi connectivity index (χ4n) is 3.37. The summed E-state index contributed by atoms with van der Waals surface area (Å²) in [6.07, 6.45) is 1.76. The Hall–Kier alpha value is -3.86. The molecule has 0 spiro atoms. The molecule has 156 valence electrons. The van der Waals surface area contributed by atoms with E-state index in [0.717, 1.165) is 16.7 Å². The highest BCUT2D eigenvalue weighted by atomic mass is 16.5. The normalized spacial score (nSPS) is 10.7. The van der Waals surface area contributed by atoms with Crippen LogP contribution in [-0.2, 0) is 13.1 Å². The van der Waals surface area contributed by atoms with Gasteiger partial charge in [-0.3, -0.25) is 9.59 Å². The molecule has 1 aromatic heterocycles. The quantitative estimate of drug-likeness (QED) is 0.492. The Morgan fingerprint density at radius 1 is 0.968 bits per heavy atom. The highest BCUT2D eigenvalue weighted by molar-refractivity contribution is 5.98. The molecule has 1 amide bonds. The molecule has 0 fully saturated rings. The number of nitrogens with zero attached hydrogens (tertiary/aromatic N) is 1. The highest BCUT2D eigenvalue weighted by Crippen LogP contribution is 2.13. The molecule has 0 aliphatic heterocycles. The molecule has 1 heterocycles. The van der Waals surface area contributed by atoms with Gasteiger partial charge < -0.3 is 14.6 Å². The summed E-state index contributed by atoms with van der Waals surface area (Å²) in [5, 5.41) is 4.24. The van der Waals surface area contributed by atoms with E-state index in [2.05, 4.69) is 5.32 Å². The van der Waals surface area contributed by atoms with E-state index >= 15 is 0 Å². The first-order valence-electron chi connectivity index (χ1n) is 10.2. The third kappa shape index (κ3) is 5.01. The van der Waals surface area contributed by atoms with Crippen LogP contribution < -0.4 is 15.6 Å². The van der Waals surface area contributed by atoms with E-state index in [1.807, 2.05) is 73.7 Å². The molecular formula is C26H24N2O3. The first kappa shape index (κ1) is 20.4. The number of hydrogen-bond donors (Lipinski definition) is 1. The highest BCUT2D eigenvalue weighted by Gasteiger charge is 2.09. The average Bonchev–Trinajstić information content (AvgIpc) is 2.80. The van der Waals surface area contributed by atoms with Crippen LogP contribution in [0.1, 0.15) is 21.5 Å². The Kier molecular flexibility index (Phi) is 6.13. The summed E-state index contributed by atoms with van der Waals surface area (Å²) in [6.45, 7) is 3.27. The van der Waals surface area contributed by atoms with Crippen LogP contribution in [0.4, 0.5) is 0 Å². The summed E-state index contributed by atoms with van der Waals surface area (Å²) in [5.41, 5.74) is 2.54. The molecular weight excluding hydrogens is 388 g/mol. The second kappa shape index (κ2) is 9.30. The minimum absolute atomic E-state index is 0.137. The Morgan fingerprint density at radius 3 is 2.52 bits per heavy atom. The number of hydrogen-bond acceptors (Lipinski definition) is 3. The molecule has 0 saturated heterocycles. The summed E-state index contributed by atoms with van der Waals surface area (Å²) in [7, 11) is 0. The Labute approximate surface area is 180 Å². The molecule has 0 saturated carbocycles. The second-order valence-corrected chi connectivity index (χ2v) is 7.45. The number of rotatable bonds is 7. The molecule has 0 radical (unpaired) electrons. The fourth-order valence-corrected chi connectivity index (χ4v) is 3.37. The average molecular weight is 412 g/mol. The van der Waals surface area contributed by atoms with Crippen molar-refractivity contribution >= 4 is 16.7 Å². The van der Waals surface area contributed by atoms with Gasteiger partial charge in [-0.25, -0.2) is 0 Å². The summed E-state index contributed by atoms with van der Waals surface area (Å²) in [5.74, 6) is 0.563. The molecule has 4 rings (SSSR count). The molecule has 31 heavy (non-hydrogen) atoms. The molecule has 3 aromatic carbocycles. The molecule has 0 aliphatic rings. The topological polar surface area (TPSA) is 60.3 Å². The number of benzene rings is 3. The van der Waals surface area contributed by atoms with Crippen molar-refractivity contribution in [2.75, 3.05) is 6.61 Å². The maximum Gasteiger partial charge on any atom is 0.258 e. The van der Waals surface area contributed by atoms with Crippen LogP contribution in [0.3, 0.4) is 0 Å². The zero-order chi connectivity index (χ0) is 21.6. The van der Waals surface area contributed by atoms with Crippen molar-refractivity contribution in [3.63, 3.8) is 0 Å². The lowest BCUT2D eigenvalue weighted by Crippen LogP contribution is -2.24. The van der Waals surface area contributed by atoms with Crippen molar-refractivity contribution in [2.24, 2.45) is 0 Å². The van der Waals surface area contributed by atoms with Gasteiger partial charge in [0.05, 0.1) is 6.54 Å². The van der Waals surface area contributed by atoms with Crippen molar-refractivity contribution in [2.45, 2.75) is 20.0 Å². The van der Waals surface area contributed by atoms with E-state index in [1.165, 1.54) is 5.56 Å². The van der Waals surface area contributed by atoms with Gasteiger partial charge in [0.2, 0.25) is 0 Å². The van der Waals surface area contributed by atoms with Crippen LogP contribution in [0.25, 0.3) is 10.8 Å². The molecule has 0 atom stereocenters. The zero-order valence-electron chi connectivity index (χ0n) is 17.4. The SMILES string of the molecule is Cc1ccc(CNC(=O)c2ccc3ccn(CCOc4ccccc4)c(=O)c3c2)cc1. The zero-order valence-corrected chi connectivity index (χ0v) is 17.4. The predicted octanol–water partition coefficient (Wildman–Crippen LogP) is 4.32. The number of aromatic nitrogens is 1. The van der Waals surface area contributed by atoms with E-state index < -0.39 is 0 Å². The van der Waals surface area contributed by atoms with Gasteiger partial charge in [0.1, 0.15) is 12.4 Å². The van der Waals surface area contributed by atoms with Gasteiger partial charge in [-0.2, -0.15) is 0 Å². The number of carbonyl (C=O) groups is 1.